The zero-order valence-electron chi connectivity index (χ0n) is 10.9. The Bertz CT molecular complexity index is 681. The molecule has 0 radical (unpaired) electrons. The van der Waals surface area contributed by atoms with Crippen molar-refractivity contribution in [3.8, 4) is 0 Å². The molecule has 1 N–H and O–H groups in total. The van der Waals surface area contributed by atoms with Crippen LogP contribution in [0.4, 0.5) is 13.2 Å². The van der Waals surface area contributed by atoms with Crippen molar-refractivity contribution in [1.82, 2.24) is 0 Å². The van der Waals surface area contributed by atoms with Gasteiger partial charge in [0.25, 0.3) is 0 Å². The molecule has 6 heteroatoms. The SMILES string of the molecule is Cc1cccc(Sc2ccc(C(=O)O)c(C(F)(F)F)c2)c1. The number of halogens is 3. The van der Waals surface area contributed by atoms with Crippen molar-refractivity contribution in [3.63, 3.8) is 0 Å². The Morgan fingerprint density at radius 3 is 2.33 bits per heavy atom. The van der Waals surface area contributed by atoms with E-state index >= 15 is 0 Å². The highest BCUT2D eigenvalue weighted by Crippen LogP contribution is 2.36. The molecule has 0 atom stereocenters. The minimum atomic E-state index is -4.70. The van der Waals surface area contributed by atoms with Crippen molar-refractivity contribution >= 4 is 17.7 Å². The zero-order chi connectivity index (χ0) is 15.6. The third kappa shape index (κ3) is 3.78. The predicted octanol–water partition coefficient (Wildman–Crippen LogP) is 4.86. The van der Waals surface area contributed by atoms with E-state index in [0.717, 1.165) is 34.4 Å². The Morgan fingerprint density at radius 2 is 1.76 bits per heavy atom. The summed E-state index contributed by atoms with van der Waals surface area (Å²) in [6, 6.07) is 10.6. The van der Waals surface area contributed by atoms with Gasteiger partial charge in [-0.15, -0.1) is 0 Å². The molecule has 2 aromatic carbocycles. The second-order valence-corrected chi connectivity index (χ2v) is 5.58. The number of hydrogen-bond acceptors (Lipinski definition) is 2. The molecule has 0 heterocycles. The lowest BCUT2D eigenvalue weighted by atomic mass is 10.1. The molecule has 0 fully saturated rings. The Labute approximate surface area is 123 Å². The van der Waals surface area contributed by atoms with Crippen LogP contribution in [-0.2, 0) is 6.18 Å². The number of aryl methyl sites for hydroxylation is 1. The van der Waals surface area contributed by atoms with Crippen molar-refractivity contribution in [2.24, 2.45) is 0 Å². The minimum Gasteiger partial charge on any atom is -0.478 e. The van der Waals surface area contributed by atoms with Crippen molar-refractivity contribution in [3.05, 3.63) is 59.2 Å². The van der Waals surface area contributed by atoms with E-state index in [1.54, 1.807) is 6.07 Å². The third-order valence-corrected chi connectivity index (χ3v) is 3.73. The normalized spacial score (nSPS) is 11.4. The third-order valence-electron chi connectivity index (χ3n) is 2.75. The first-order valence-corrected chi connectivity index (χ1v) is 6.78. The zero-order valence-corrected chi connectivity index (χ0v) is 11.8. The van der Waals surface area contributed by atoms with Gasteiger partial charge in [0.1, 0.15) is 0 Å². The Hall–Kier alpha value is -1.95. The second kappa shape index (κ2) is 5.81. The van der Waals surface area contributed by atoms with Gasteiger partial charge in [0.15, 0.2) is 0 Å². The maximum Gasteiger partial charge on any atom is 0.417 e. The molecule has 0 unspecified atom stereocenters. The van der Waals surface area contributed by atoms with Crippen LogP contribution < -0.4 is 0 Å². The minimum absolute atomic E-state index is 0.345. The lowest BCUT2D eigenvalue weighted by Gasteiger charge is -2.12. The molecule has 0 aliphatic carbocycles. The fourth-order valence-electron chi connectivity index (χ4n) is 1.82. The molecule has 0 saturated heterocycles. The van der Waals surface area contributed by atoms with E-state index in [1.807, 2.05) is 25.1 Å². The standard InChI is InChI=1S/C15H11F3O2S/c1-9-3-2-4-10(7-9)21-11-5-6-12(14(19)20)13(8-11)15(16,17)18/h2-8H,1H3,(H,19,20). The smallest absolute Gasteiger partial charge is 0.417 e. The molecule has 0 aliphatic rings. The number of carboxylic acids is 1. The maximum atomic E-state index is 12.9. The van der Waals surface area contributed by atoms with Gasteiger partial charge in [-0.2, -0.15) is 13.2 Å². The van der Waals surface area contributed by atoms with Crippen LogP contribution >= 0.6 is 11.8 Å². The van der Waals surface area contributed by atoms with E-state index in [4.69, 9.17) is 5.11 Å². The molecule has 110 valence electrons. The maximum absolute atomic E-state index is 12.9. The number of hydrogen-bond donors (Lipinski definition) is 1. The van der Waals surface area contributed by atoms with Gasteiger partial charge in [0.2, 0.25) is 0 Å². The average Bonchev–Trinajstić information content (AvgIpc) is 2.37. The summed E-state index contributed by atoms with van der Waals surface area (Å²) in [5.41, 5.74) is -0.873. The Kier molecular flexibility index (Phi) is 4.27. The molecule has 2 aromatic rings. The van der Waals surface area contributed by atoms with Gasteiger partial charge in [0, 0.05) is 9.79 Å². The molecule has 0 spiro atoms. The van der Waals surface area contributed by atoms with E-state index in [2.05, 4.69) is 0 Å². The van der Waals surface area contributed by atoms with E-state index in [9.17, 15) is 18.0 Å². The predicted molar refractivity (Wildman–Crippen MR) is 73.7 cm³/mol. The van der Waals surface area contributed by atoms with Crippen LogP contribution in [0.5, 0.6) is 0 Å². The molecule has 0 amide bonds. The Morgan fingerprint density at radius 1 is 1.10 bits per heavy atom. The van der Waals surface area contributed by atoms with Crippen molar-refractivity contribution in [2.75, 3.05) is 0 Å². The summed E-state index contributed by atoms with van der Waals surface area (Å²) in [5, 5.41) is 8.84. The van der Waals surface area contributed by atoms with Crippen LogP contribution in [0.2, 0.25) is 0 Å². The van der Waals surface area contributed by atoms with Gasteiger partial charge in [-0.1, -0.05) is 29.5 Å². The molecular weight excluding hydrogens is 301 g/mol. The molecule has 0 aromatic heterocycles. The lowest BCUT2D eigenvalue weighted by Crippen LogP contribution is -2.12. The largest absolute Gasteiger partial charge is 0.478 e. The number of aromatic carboxylic acids is 1. The van der Waals surface area contributed by atoms with E-state index in [-0.39, 0.29) is 0 Å². The van der Waals surface area contributed by atoms with E-state index < -0.39 is 23.3 Å². The summed E-state index contributed by atoms with van der Waals surface area (Å²) >= 11 is 1.16. The number of rotatable bonds is 3. The highest BCUT2D eigenvalue weighted by Gasteiger charge is 2.35. The first-order chi connectivity index (χ1) is 9.77. The van der Waals surface area contributed by atoms with E-state index in [1.165, 1.54) is 6.07 Å². The lowest BCUT2D eigenvalue weighted by molar-refractivity contribution is -0.138. The summed E-state index contributed by atoms with van der Waals surface area (Å²) in [6.45, 7) is 1.89. The van der Waals surface area contributed by atoms with Crippen LogP contribution in [-0.4, -0.2) is 11.1 Å². The molecule has 0 saturated carbocycles. The topological polar surface area (TPSA) is 37.3 Å². The first kappa shape index (κ1) is 15.4. The summed E-state index contributed by atoms with van der Waals surface area (Å²) in [6.07, 6.45) is -4.70. The summed E-state index contributed by atoms with van der Waals surface area (Å²) < 4.78 is 38.8. The monoisotopic (exact) mass is 312 g/mol. The molecule has 0 aliphatic heterocycles. The van der Waals surface area contributed by atoms with Crippen molar-refractivity contribution in [2.45, 2.75) is 22.9 Å². The second-order valence-electron chi connectivity index (χ2n) is 4.43. The van der Waals surface area contributed by atoms with Gasteiger partial charge in [0.05, 0.1) is 11.1 Å². The quantitative estimate of drug-likeness (QED) is 0.879. The molecule has 21 heavy (non-hydrogen) atoms. The summed E-state index contributed by atoms with van der Waals surface area (Å²) in [7, 11) is 0. The van der Waals surface area contributed by atoms with Crippen LogP contribution in [0.25, 0.3) is 0 Å². The van der Waals surface area contributed by atoms with Gasteiger partial charge in [-0.3, -0.25) is 0 Å². The highest BCUT2D eigenvalue weighted by atomic mass is 32.2. The molecule has 0 bridgehead atoms. The van der Waals surface area contributed by atoms with Gasteiger partial charge < -0.3 is 5.11 Å². The van der Waals surface area contributed by atoms with E-state index in [0.29, 0.717) is 4.90 Å². The number of carboxylic acid groups (broad SMARTS) is 1. The van der Waals surface area contributed by atoms with Gasteiger partial charge >= 0.3 is 12.1 Å². The van der Waals surface area contributed by atoms with Gasteiger partial charge in [-0.25, -0.2) is 4.79 Å². The first-order valence-electron chi connectivity index (χ1n) is 5.96. The van der Waals surface area contributed by atoms with Crippen molar-refractivity contribution in [1.29, 1.82) is 0 Å². The fraction of sp³-hybridized carbons (Fsp3) is 0.133. The summed E-state index contributed by atoms with van der Waals surface area (Å²) in [4.78, 5) is 12.0. The van der Waals surface area contributed by atoms with Crippen LogP contribution in [0, 0.1) is 6.92 Å². The van der Waals surface area contributed by atoms with Crippen LogP contribution in [0.3, 0.4) is 0 Å². The number of alkyl halides is 3. The summed E-state index contributed by atoms with van der Waals surface area (Å²) in [5.74, 6) is -1.59. The van der Waals surface area contributed by atoms with Gasteiger partial charge in [-0.05, 0) is 37.3 Å². The number of carbonyl (C=O) groups is 1. The van der Waals surface area contributed by atoms with Crippen molar-refractivity contribution < 1.29 is 23.1 Å². The molecule has 2 rings (SSSR count). The van der Waals surface area contributed by atoms with Crippen LogP contribution in [0.15, 0.2) is 52.3 Å². The van der Waals surface area contributed by atoms with Crippen LogP contribution in [0.1, 0.15) is 21.5 Å². The average molecular weight is 312 g/mol. The molecule has 2 nitrogen and oxygen atoms in total. The Balaban J connectivity index is 2.40. The highest BCUT2D eigenvalue weighted by molar-refractivity contribution is 7.99. The molecular formula is C15H11F3O2S. The fourth-order valence-corrected chi connectivity index (χ4v) is 2.80. The number of benzene rings is 2.